The van der Waals surface area contributed by atoms with Gasteiger partial charge in [0.1, 0.15) is 10.7 Å². The number of aromatic nitrogens is 1. The number of halogens is 1. The number of benzene rings is 1. The molecular formula is C13H14FN3O3S2. The summed E-state index contributed by atoms with van der Waals surface area (Å²) in [5.41, 5.74) is 2.31. The zero-order valence-corrected chi connectivity index (χ0v) is 13.2. The van der Waals surface area contributed by atoms with Crippen molar-refractivity contribution in [2.75, 3.05) is 0 Å². The number of amides is 1. The largest absolute Gasteiger partial charge is 0.349 e. The van der Waals surface area contributed by atoms with Crippen LogP contribution in [0.4, 0.5) is 4.39 Å². The van der Waals surface area contributed by atoms with E-state index < -0.39 is 32.7 Å². The molecule has 2 rings (SSSR count). The molecule has 0 bridgehead atoms. The molecule has 0 aliphatic heterocycles. The van der Waals surface area contributed by atoms with Gasteiger partial charge < -0.3 is 5.32 Å². The number of nitrogens with one attached hydrogen (secondary N) is 2. The van der Waals surface area contributed by atoms with Crippen LogP contribution in [0.3, 0.4) is 0 Å². The van der Waals surface area contributed by atoms with Crippen molar-refractivity contribution in [1.29, 1.82) is 0 Å². The summed E-state index contributed by atoms with van der Waals surface area (Å²) in [7, 11) is -4.11. The first-order valence-corrected chi connectivity index (χ1v) is 8.74. The molecule has 1 amide bonds. The summed E-state index contributed by atoms with van der Waals surface area (Å²) in [5, 5.41) is 4.33. The Labute approximate surface area is 131 Å². The number of hydrogen-bond acceptors (Lipinski definition) is 5. The number of sulfonamides is 1. The molecule has 6 nitrogen and oxygen atoms in total. The lowest BCUT2D eigenvalue weighted by Gasteiger charge is -2.14. The molecule has 118 valence electrons. The number of carbonyl (C=O) groups excluding carboxylic acids is 1. The SMILES string of the molecule is CC(NS(=O)(=O)c1ccccc1F)C(=O)NCc1cscn1. The molecule has 0 aliphatic rings. The van der Waals surface area contributed by atoms with Crippen molar-refractivity contribution < 1.29 is 17.6 Å². The Hall–Kier alpha value is -1.84. The molecule has 1 aromatic heterocycles. The average Bonchev–Trinajstić information content (AvgIpc) is 2.97. The number of hydrogen-bond donors (Lipinski definition) is 2. The average molecular weight is 343 g/mol. The third kappa shape index (κ3) is 4.09. The van der Waals surface area contributed by atoms with Crippen LogP contribution in [0.15, 0.2) is 40.1 Å². The molecule has 1 heterocycles. The third-order valence-electron chi connectivity index (χ3n) is 2.78. The number of thiazole rings is 1. The zero-order valence-electron chi connectivity index (χ0n) is 11.6. The van der Waals surface area contributed by atoms with Gasteiger partial charge in [0, 0.05) is 5.38 Å². The van der Waals surface area contributed by atoms with E-state index in [9.17, 15) is 17.6 Å². The highest BCUT2D eigenvalue weighted by Crippen LogP contribution is 2.13. The summed E-state index contributed by atoms with van der Waals surface area (Å²) >= 11 is 1.39. The Morgan fingerprint density at radius 2 is 2.14 bits per heavy atom. The van der Waals surface area contributed by atoms with E-state index in [2.05, 4.69) is 15.0 Å². The fourth-order valence-corrected chi connectivity index (χ4v) is 3.51. The topological polar surface area (TPSA) is 88.2 Å². The van der Waals surface area contributed by atoms with Crippen LogP contribution in [0.2, 0.25) is 0 Å². The van der Waals surface area contributed by atoms with E-state index in [0.29, 0.717) is 5.69 Å². The van der Waals surface area contributed by atoms with E-state index in [1.165, 1.54) is 30.4 Å². The Morgan fingerprint density at radius 3 is 2.77 bits per heavy atom. The van der Waals surface area contributed by atoms with Gasteiger partial charge in [-0.2, -0.15) is 4.72 Å². The van der Waals surface area contributed by atoms with E-state index in [1.54, 1.807) is 10.9 Å². The molecular weight excluding hydrogens is 329 g/mol. The van der Waals surface area contributed by atoms with Gasteiger partial charge in [-0.25, -0.2) is 17.8 Å². The molecule has 1 atom stereocenters. The smallest absolute Gasteiger partial charge is 0.244 e. The van der Waals surface area contributed by atoms with Gasteiger partial charge in [-0.1, -0.05) is 12.1 Å². The van der Waals surface area contributed by atoms with Crippen molar-refractivity contribution >= 4 is 27.3 Å². The molecule has 2 aromatic rings. The lowest BCUT2D eigenvalue weighted by atomic mass is 10.3. The quantitative estimate of drug-likeness (QED) is 0.827. The van der Waals surface area contributed by atoms with Crippen LogP contribution in [0.25, 0.3) is 0 Å². The highest BCUT2D eigenvalue weighted by atomic mass is 32.2. The molecule has 0 aliphatic carbocycles. The summed E-state index contributed by atoms with van der Waals surface area (Å²) in [6.07, 6.45) is 0. The molecule has 0 fully saturated rings. The Kier molecular flexibility index (Phi) is 5.22. The molecule has 0 spiro atoms. The predicted octanol–water partition coefficient (Wildman–Crippen LogP) is 1.27. The number of carbonyl (C=O) groups is 1. The monoisotopic (exact) mass is 343 g/mol. The molecule has 0 saturated heterocycles. The van der Waals surface area contributed by atoms with Crippen molar-refractivity contribution in [2.45, 2.75) is 24.4 Å². The van der Waals surface area contributed by atoms with E-state index in [-0.39, 0.29) is 6.54 Å². The Morgan fingerprint density at radius 1 is 1.41 bits per heavy atom. The van der Waals surface area contributed by atoms with Crippen molar-refractivity contribution in [3.8, 4) is 0 Å². The number of rotatable bonds is 6. The van der Waals surface area contributed by atoms with Crippen LogP contribution in [-0.2, 0) is 21.4 Å². The molecule has 1 aromatic carbocycles. The minimum atomic E-state index is -4.11. The summed E-state index contributed by atoms with van der Waals surface area (Å²) in [6.45, 7) is 1.59. The maximum Gasteiger partial charge on any atom is 0.244 e. The first-order chi connectivity index (χ1) is 10.4. The molecule has 9 heteroatoms. The van der Waals surface area contributed by atoms with Gasteiger partial charge >= 0.3 is 0 Å². The summed E-state index contributed by atoms with van der Waals surface area (Å²) in [6, 6.07) is 3.94. The van der Waals surface area contributed by atoms with Crippen molar-refractivity contribution in [1.82, 2.24) is 15.0 Å². The van der Waals surface area contributed by atoms with Gasteiger partial charge in [0.05, 0.1) is 23.8 Å². The van der Waals surface area contributed by atoms with Gasteiger partial charge in [0.2, 0.25) is 15.9 Å². The second kappa shape index (κ2) is 6.95. The van der Waals surface area contributed by atoms with Crippen LogP contribution in [0.1, 0.15) is 12.6 Å². The molecule has 0 radical (unpaired) electrons. The van der Waals surface area contributed by atoms with Crippen LogP contribution in [0, 0.1) is 5.82 Å². The highest BCUT2D eigenvalue weighted by molar-refractivity contribution is 7.89. The van der Waals surface area contributed by atoms with Crippen LogP contribution in [0.5, 0.6) is 0 Å². The summed E-state index contributed by atoms with van der Waals surface area (Å²) < 4.78 is 39.8. The Bertz CT molecular complexity index is 748. The lowest BCUT2D eigenvalue weighted by Crippen LogP contribution is -2.44. The molecule has 22 heavy (non-hydrogen) atoms. The lowest BCUT2D eigenvalue weighted by molar-refractivity contribution is -0.122. The standard InChI is InChI=1S/C13H14FN3O3S2/c1-9(13(18)15-6-10-7-21-8-16-10)17-22(19,20)12-5-3-2-4-11(12)14/h2-5,7-9,17H,6H2,1H3,(H,15,18). The molecule has 0 saturated carbocycles. The second-order valence-corrected chi connectivity index (χ2v) is 6.87. The minimum Gasteiger partial charge on any atom is -0.349 e. The summed E-state index contributed by atoms with van der Waals surface area (Å²) in [5.74, 6) is -1.39. The molecule has 1 unspecified atom stereocenters. The third-order valence-corrected chi connectivity index (χ3v) is 4.99. The first kappa shape index (κ1) is 16.5. The highest BCUT2D eigenvalue weighted by Gasteiger charge is 2.24. The van der Waals surface area contributed by atoms with Gasteiger partial charge in [0.25, 0.3) is 0 Å². The van der Waals surface area contributed by atoms with Crippen molar-refractivity contribution in [3.63, 3.8) is 0 Å². The first-order valence-electron chi connectivity index (χ1n) is 6.32. The van der Waals surface area contributed by atoms with E-state index >= 15 is 0 Å². The van der Waals surface area contributed by atoms with Crippen LogP contribution in [-0.4, -0.2) is 25.4 Å². The van der Waals surface area contributed by atoms with Gasteiger partial charge in [-0.15, -0.1) is 11.3 Å². The normalized spacial score (nSPS) is 12.8. The maximum absolute atomic E-state index is 13.5. The van der Waals surface area contributed by atoms with E-state index in [0.717, 1.165) is 12.1 Å². The maximum atomic E-state index is 13.5. The van der Waals surface area contributed by atoms with Crippen molar-refractivity contribution in [2.24, 2.45) is 0 Å². The van der Waals surface area contributed by atoms with Crippen molar-refractivity contribution in [3.05, 3.63) is 46.7 Å². The van der Waals surface area contributed by atoms with E-state index in [1.807, 2.05) is 0 Å². The summed E-state index contributed by atoms with van der Waals surface area (Å²) in [4.78, 5) is 15.4. The number of nitrogens with zero attached hydrogens (tertiary/aromatic N) is 1. The van der Waals surface area contributed by atoms with Crippen LogP contribution >= 0.6 is 11.3 Å². The van der Waals surface area contributed by atoms with Gasteiger partial charge in [-0.05, 0) is 19.1 Å². The minimum absolute atomic E-state index is 0.202. The van der Waals surface area contributed by atoms with E-state index in [4.69, 9.17) is 0 Å². The zero-order chi connectivity index (χ0) is 16.2. The van der Waals surface area contributed by atoms with Gasteiger partial charge in [-0.3, -0.25) is 4.79 Å². The van der Waals surface area contributed by atoms with Gasteiger partial charge in [0.15, 0.2) is 0 Å². The Balaban J connectivity index is 1.99. The van der Waals surface area contributed by atoms with Crippen LogP contribution < -0.4 is 10.0 Å². The predicted molar refractivity (Wildman–Crippen MR) is 80.1 cm³/mol. The second-order valence-electron chi connectivity index (χ2n) is 4.47. The molecule has 2 N–H and O–H groups in total. The fraction of sp³-hybridized carbons (Fsp3) is 0.231. The fourth-order valence-electron chi connectivity index (χ4n) is 1.67.